The van der Waals surface area contributed by atoms with E-state index in [0.29, 0.717) is 16.8 Å². The molecule has 0 N–H and O–H groups in total. The van der Waals surface area contributed by atoms with Crippen molar-refractivity contribution in [3.8, 4) is 0 Å². The first kappa shape index (κ1) is 19.9. The normalized spacial score (nSPS) is 21.0. The number of carbonyl (C=O) groups excluding carboxylic acids is 3. The molecule has 6 heteroatoms. The third kappa shape index (κ3) is 3.00. The van der Waals surface area contributed by atoms with Crippen LogP contribution < -0.4 is 4.90 Å². The Labute approximate surface area is 175 Å². The van der Waals surface area contributed by atoms with Gasteiger partial charge in [-0.1, -0.05) is 48.5 Å². The Bertz CT molecular complexity index is 1070. The molecule has 2 heterocycles. The van der Waals surface area contributed by atoms with Crippen LogP contribution in [0.1, 0.15) is 38.3 Å². The molecule has 154 valence electrons. The summed E-state index contributed by atoms with van der Waals surface area (Å²) in [4.78, 5) is 42.6. The van der Waals surface area contributed by atoms with Crippen molar-refractivity contribution in [2.75, 3.05) is 11.9 Å². The Morgan fingerprint density at radius 3 is 2.30 bits per heavy atom. The largest absolute Gasteiger partial charge is 0.443 e. The predicted molar refractivity (Wildman–Crippen MR) is 114 cm³/mol. The molecule has 0 unspecified atom stereocenters. The average molecular weight is 404 g/mol. The molecule has 3 amide bonds. The number of para-hydroxylation sites is 1. The summed E-state index contributed by atoms with van der Waals surface area (Å²) in [6.45, 7) is 5.19. The highest BCUT2D eigenvalue weighted by atomic mass is 16.6. The molecule has 0 aromatic heterocycles. The number of fused-ring (bicyclic) bond motifs is 2. The molecule has 0 saturated carbocycles. The zero-order chi connectivity index (χ0) is 21.7. The molecule has 0 saturated heterocycles. The van der Waals surface area contributed by atoms with Crippen molar-refractivity contribution in [3.05, 3.63) is 71.8 Å². The molecule has 0 aliphatic carbocycles. The number of hydrogen-bond donors (Lipinski definition) is 0. The van der Waals surface area contributed by atoms with Crippen molar-refractivity contribution in [2.45, 2.75) is 38.3 Å². The molecule has 2 aliphatic rings. The van der Waals surface area contributed by atoms with Crippen molar-refractivity contribution in [1.82, 2.24) is 4.90 Å². The lowest BCUT2D eigenvalue weighted by atomic mass is 9.78. The van der Waals surface area contributed by atoms with E-state index in [1.807, 2.05) is 48.5 Å². The summed E-state index contributed by atoms with van der Waals surface area (Å²) < 4.78 is 5.54. The van der Waals surface area contributed by atoms with Crippen LogP contribution in [0, 0.1) is 0 Å². The Kier molecular flexibility index (Phi) is 4.53. The number of anilines is 1. The minimum atomic E-state index is -1.48. The molecule has 1 spiro atoms. The van der Waals surface area contributed by atoms with E-state index in [9.17, 15) is 14.4 Å². The van der Waals surface area contributed by atoms with Gasteiger partial charge in [0.15, 0.2) is 5.54 Å². The van der Waals surface area contributed by atoms with Crippen LogP contribution in [0.5, 0.6) is 0 Å². The third-order valence-electron chi connectivity index (χ3n) is 5.44. The second kappa shape index (κ2) is 6.83. The monoisotopic (exact) mass is 404 g/mol. The van der Waals surface area contributed by atoms with Gasteiger partial charge in [-0.25, -0.2) is 9.69 Å². The Morgan fingerprint density at radius 1 is 1.00 bits per heavy atom. The number of nitrogens with zero attached hydrogens (tertiary/aromatic N) is 2. The zero-order valence-electron chi connectivity index (χ0n) is 17.5. The fourth-order valence-electron chi connectivity index (χ4n) is 4.20. The first-order valence-corrected chi connectivity index (χ1v) is 9.86. The van der Waals surface area contributed by atoms with Crippen molar-refractivity contribution in [1.29, 1.82) is 0 Å². The number of likely N-dealkylation sites (N-methyl/N-ethyl adjacent to an activating group) is 1. The van der Waals surface area contributed by atoms with E-state index < -0.39 is 23.1 Å². The van der Waals surface area contributed by atoms with E-state index in [4.69, 9.17) is 4.74 Å². The molecule has 0 fully saturated rings. The molecule has 1 atom stereocenters. The number of carbonyl (C=O) groups is 3. The van der Waals surface area contributed by atoms with Crippen LogP contribution in [0.25, 0.3) is 5.57 Å². The fraction of sp³-hybridized carbons (Fsp3) is 0.292. The number of rotatable bonds is 1. The lowest BCUT2D eigenvalue weighted by Gasteiger charge is -2.41. The second-order valence-corrected chi connectivity index (χ2v) is 8.61. The van der Waals surface area contributed by atoms with Gasteiger partial charge < -0.3 is 9.64 Å². The van der Waals surface area contributed by atoms with Gasteiger partial charge in [-0.3, -0.25) is 9.59 Å². The minimum absolute atomic E-state index is 0.183. The summed E-state index contributed by atoms with van der Waals surface area (Å²) in [6, 6.07) is 16.7. The Morgan fingerprint density at radius 2 is 1.63 bits per heavy atom. The van der Waals surface area contributed by atoms with Gasteiger partial charge in [0.05, 0.1) is 0 Å². The summed E-state index contributed by atoms with van der Waals surface area (Å²) in [7, 11) is 1.66. The van der Waals surface area contributed by atoms with Gasteiger partial charge >= 0.3 is 6.09 Å². The lowest BCUT2D eigenvalue weighted by Crippen LogP contribution is -2.59. The first-order chi connectivity index (χ1) is 14.1. The van der Waals surface area contributed by atoms with Crippen LogP contribution in [0.2, 0.25) is 0 Å². The molecular weight excluding hydrogens is 380 g/mol. The standard InChI is InChI=1S/C24H24N2O4/c1-23(2,3)30-22(29)26-20(27)14-17(16-10-6-5-7-11-16)15-24(26)18-12-8-9-13-19(18)25(4)21(24)28/h5-14H,15H2,1-4H3/t24-/m0/s1. The van der Waals surface area contributed by atoms with Crippen LogP contribution in [0.3, 0.4) is 0 Å². The number of ether oxygens (including phenoxy) is 1. The van der Waals surface area contributed by atoms with Crippen LogP contribution in [0.4, 0.5) is 10.5 Å². The molecule has 2 aliphatic heterocycles. The van der Waals surface area contributed by atoms with Gasteiger partial charge in [0.2, 0.25) is 0 Å². The SMILES string of the molecule is CN1C(=O)[C@]2(CC(c3ccccc3)=CC(=O)N2C(=O)OC(C)(C)C)c2ccccc21. The molecule has 0 radical (unpaired) electrons. The van der Waals surface area contributed by atoms with Crippen molar-refractivity contribution < 1.29 is 19.1 Å². The second-order valence-electron chi connectivity index (χ2n) is 8.61. The maximum Gasteiger partial charge on any atom is 0.418 e. The Balaban J connectivity index is 1.93. The molecule has 2 aromatic rings. The highest BCUT2D eigenvalue weighted by Crippen LogP contribution is 2.50. The molecule has 6 nitrogen and oxygen atoms in total. The predicted octanol–water partition coefficient (Wildman–Crippen LogP) is 4.11. The third-order valence-corrected chi connectivity index (χ3v) is 5.44. The highest BCUT2D eigenvalue weighted by Gasteiger charge is 2.60. The van der Waals surface area contributed by atoms with Gasteiger partial charge in [-0.2, -0.15) is 0 Å². The molecule has 30 heavy (non-hydrogen) atoms. The van der Waals surface area contributed by atoms with Gasteiger partial charge in [0, 0.05) is 30.8 Å². The smallest absolute Gasteiger partial charge is 0.418 e. The maximum absolute atomic E-state index is 13.6. The van der Waals surface area contributed by atoms with Gasteiger partial charge in [0.25, 0.3) is 11.8 Å². The number of benzene rings is 2. The first-order valence-electron chi connectivity index (χ1n) is 9.86. The van der Waals surface area contributed by atoms with Crippen LogP contribution in [-0.2, 0) is 19.9 Å². The van der Waals surface area contributed by atoms with E-state index in [-0.39, 0.29) is 12.3 Å². The average Bonchev–Trinajstić information content (AvgIpc) is 2.90. The number of amides is 3. The van der Waals surface area contributed by atoms with E-state index >= 15 is 0 Å². The van der Waals surface area contributed by atoms with Gasteiger partial charge in [0.1, 0.15) is 5.60 Å². The van der Waals surface area contributed by atoms with Crippen molar-refractivity contribution in [3.63, 3.8) is 0 Å². The zero-order valence-corrected chi connectivity index (χ0v) is 17.5. The van der Waals surface area contributed by atoms with Gasteiger partial charge in [-0.15, -0.1) is 0 Å². The summed E-state index contributed by atoms with van der Waals surface area (Å²) in [5, 5.41) is 0. The van der Waals surface area contributed by atoms with Gasteiger partial charge in [-0.05, 0) is 38.0 Å². The molecular formula is C24H24N2O4. The van der Waals surface area contributed by atoms with Crippen molar-refractivity contribution >= 4 is 29.2 Å². The summed E-state index contributed by atoms with van der Waals surface area (Å²) >= 11 is 0. The quantitative estimate of drug-likeness (QED) is 0.717. The highest BCUT2D eigenvalue weighted by molar-refractivity contribution is 6.17. The number of imide groups is 1. The van der Waals surface area contributed by atoms with E-state index in [1.165, 1.54) is 11.0 Å². The summed E-state index contributed by atoms with van der Waals surface area (Å²) in [5.41, 5.74) is 0.559. The topological polar surface area (TPSA) is 66.9 Å². The van der Waals surface area contributed by atoms with Crippen molar-refractivity contribution in [2.24, 2.45) is 0 Å². The minimum Gasteiger partial charge on any atom is -0.443 e. The molecule has 4 rings (SSSR count). The van der Waals surface area contributed by atoms with Crippen LogP contribution >= 0.6 is 0 Å². The van der Waals surface area contributed by atoms with Crippen LogP contribution in [-0.4, -0.2) is 35.5 Å². The van der Waals surface area contributed by atoms with E-state index in [1.54, 1.807) is 33.9 Å². The fourth-order valence-corrected chi connectivity index (χ4v) is 4.20. The summed E-state index contributed by atoms with van der Waals surface area (Å²) in [6.07, 6.45) is 0.787. The Hall–Kier alpha value is -3.41. The summed E-state index contributed by atoms with van der Waals surface area (Å²) in [5.74, 6) is -0.891. The lowest BCUT2D eigenvalue weighted by molar-refractivity contribution is -0.142. The maximum atomic E-state index is 13.6. The van der Waals surface area contributed by atoms with E-state index in [0.717, 1.165) is 10.5 Å². The molecule has 0 bridgehead atoms. The van der Waals surface area contributed by atoms with E-state index in [2.05, 4.69) is 0 Å². The number of hydrogen-bond acceptors (Lipinski definition) is 4. The molecule has 2 aromatic carbocycles. The van der Waals surface area contributed by atoms with Crippen LogP contribution in [0.15, 0.2) is 60.7 Å².